The number of nitrogens with zero attached hydrogens (tertiary/aromatic N) is 1. The van der Waals surface area contributed by atoms with E-state index in [1.165, 1.54) is 72.0 Å². The minimum Gasteiger partial charge on any atom is -0.309 e. The van der Waals surface area contributed by atoms with Gasteiger partial charge in [-0.3, -0.25) is 0 Å². The van der Waals surface area contributed by atoms with Gasteiger partial charge in [0.25, 0.3) is 0 Å². The first-order chi connectivity index (χ1) is 30.5. The fraction of sp³-hybridized carbons (Fsp3) is 0.0492. The number of hydrogen-bond donors (Lipinski definition) is 0. The van der Waals surface area contributed by atoms with Crippen LogP contribution < -0.4 is 4.90 Å². The van der Waals surface area contributed by atoms with Gasteiger partial charge in [0.2, 0.25) is 0 Å². The topological polar surface area (TPSA) is 3.24 Å². The first kappa shape index (κ1) is 37.3. The van der Waals surface area contributed by atoms with E-state index in [1.807, 2.05) is 0 Å². The van der Waals surface area contributed by atoms with E-state index in [0.717, 1.165) is 33.8 Å². The van der Waals surface area contributed by atoms with Gasteiger partial charge in [0.15, 0.2) is 0 Å². The number of para-hydroxylation sites is 2. The van der Waals surface area contributed by atoms with Crippen LogP contribution in [0.5, 0.6) is 0 Å². The Morgan fingerprint density at radius 1 is 0.306 bits per heavy atom. The molecule has 0 bridgehead atoms. The standard InChI is InChI=1S/C61H45N/c1-61(2)56-29-11-8-26-55(56)60-54(28-16-30-57(60)61)46-37-39-49(40-38-46)62(59-32-13-10-25-53(59)48-22-14-21-47(41-48)42-17-4-3-5-18-42)58-31-12-9-24-52(58)45-35-33-44(34-36-45)51-27-15-20-43-19-6-7-23-50(43)51/h3-41H,1-2H3. The van der Waals surface area contributed by atoms with Crippen LogP contribution in [0.3, 0.4) is 0 Å². The van der Waals surface area contributed by atoms with Gasteiger partial charge in [-0.25, -0.2) is 0 Å². The van der Waals surface area contributed by atoms with Crippen LogP contribution >= 0.6 is 0 Å². The van der Waals surface area contributed by atoms with Crippen LogP contribution in [-0.4, -0.2) is 0 Å². The SMILES string of the molecule is CC1(C)c2ccccc2-c2c(-c3ccc(N(c4ccccc4-c4ccc(-c5cccc6ccccc56)cc4)c4ccccc4-c4cccc(-c5ccccc5)c4)cc3)cccc21. The summed E-state index contributed by atoms with van der Waals surface area (Å²) >= 11 is 0. The summed E-state index contributed by atoms with van der Waals surface area (Å²) < 4.78 is 0. The second kappa shape index (κ2) is 15.4. The number of anilines is 3. The number of benzene rings is 10. The molecule has 10 aromatic rings. The molecule has 0 saturated heterocycles. The second-order valence-electron chi connectivity index (χ2n) is 16.9. The molecule has 0 N–H and O–H groups in total. The Balaban J connectivity index is 1.06. The largest absolute Gasteiger partial charge is 0.309 e. The van der Waals surface area contributed by atoms with Crippen molar-refractivity contribution in [1.82, 2.24) is 0 Å². The van der Waals surface area contributed by atoms with Gasteiger partial charge in [0.1, 0.15) is 0 Å². The number of rotatable bonds is 8. The Labute approximate surface area is 364 Å². The lowest BCUT2D eigenvalue weighted by atomic mass is 9.82. The molecule has 10 aromatic carbocycles. The van der Waals surface area contributed by atoms with Crippen LogP contribution in [0.4, 0.5) is 17.1 Å². The highest BCUT2D eigenvalue weighted by Gasteiger charge is 2.36. The smallest absolute Gasteiger partial charge is 0.0540 e. The van der Waals surface area contributed by atoms with E-state index in [9.17, 15) is 0 Å². The van der Waals surface area contributed by atoms with Crippen LogP contribution in [0, 0.1) is 0 Å². The van der Waals surface area contributed by atoms with Crippen LogP contribution in [0.25, 0.3) is 77.5 Å². The maximum absolute atomic E-state index is 2.45. The van der Waals surface area contributed by atoms with Gasteiger partial charge in [0, 0.05) is 22.2 Å². The lowest BCUT2D eigenvalue weighted by molar-refractivity contribution is 0.660. The zero-order valence-corrected chi connectivity index (χ0v) is 35.0. The van der Waals surface area contributed by atoms with Crippen LogP contribution in [0.1, 0.15) is 25.0 Å². The summed E-state index contributed by atoms with van der Waals surface area (Å²) in [6.45, 7) is 4.70. The van der Waals surface area contributed by atoms with Crippen molar-refractivity contribution in [2.75, 3.05) is 4.90 Å². The lowest BCUT2D eigenvalue weighted by Gasteiger charge is -2.30. The summed E-state index contributed by atoms with van der Waals surface area (Å²) in [4.78, 5) is 2.45. The molecule has 1 heteroatoms. The molecule has 0 fully saturated rings. The van der Waals surface area contributed by atoms with E-state index in [0.29, 0.717) is 0 Å². The molecule has 62 heavy (non-hydrogen) atoms. The summed E-state index contributed by atoms with van der Waals surface area (Å²) in [6, 6.07) is 86.6. The molecule has 1 aliphatic carbocycles. The Bertz CT molecular complexity index is 3240. The average Bonchev–Trinajstić information content (AvgIpc) is 3.58. The van der Waals surface area contributed by atoms with Crippen LogP contribution in [0.2, 0.25) is 0 Å². The molecule has 0 amide bonds. The van der Waals surface area contributed by atoms with Crippen molar-refractivity contribution in [3.63, 3.8) is 0 Å². The summed E-state index contributed by atoms with van der Waals surface area (Å²) in [5.74, 6) is 0. The third-order valence-electron chi connectivity index (χ3n) is 12.9. The number of fused-ring (bicyclic) bond motifs is 4. The van der Waals surface area contributed by atoms with Crippen molar-refractivity contribution in [1.29, 1.82) is 0 Å². The van der Waals surface area contributed by atoms with Crippen LogP contribution in [-0.2, 0) is 5.41 Å². The van der Waals surface area contributed by atoms with Crippen molar-refractivity contribution in [2.45, 2.75) is 19.3 Å². The molecular weight excluding hydrogens is 747 g/mol. The van der Waals surface area contributed by atoms with Crippen LogP contribution in [0.15, 0.2) is 237 Å². The average molecular weight is 792 g/mol. The zero-order valence-electron chi connectivity index (χ0n) is 35.0. The van der Waals surface area contributed by atoms with Crippen molar-refractivity contribution >= 4 is 27.8 Å². The van der Waals surface area contributed by atoms with Gasteiger partial charge >= 0.3 is 0 Å². The monoisotopic (exact) mass is 791 g/mol. The van der Waals surface area contributed by atoms with E-state index in [4.69, 9.17) is 0 Å². The summed E-state index contributed by atoms with van der Waals surface area (Å²) in [5, 5.41) is 2.51. The third kappa shape index (κ3) is 6.42. The molecule has 0 aliphatic heterocycles. The molecule has 0 spiro atoms. The van der Waals surface area contributed by atoms with Gasteiger partial charge in [-0.2, -0.15) is 0 Å². The van der Waals surface area contributed by atoms with Gasteiger partial charge in [-0.1, -0.05) is 220 Å². The molecule has 294 valence electrons. The van der Waals surface area contributed by atoms with Gasteiger partial charge in [-0.15, -0.1) is 0 Å². The molecule has 0 heterocycles. The summed E-state index contributed by atoms with van der Waals surface area (Å²) in [7, 11) is 0. The summed E-state index contributed by atoms with van der Waals surface area (Å²) in [5.41, 5.74) is 20.7. The predicted octanol–water partition coefficient (Wildman–Crippen LogP) is 17.0. The molecule has 1 nitrogen and oxygen atoms in total. The predicted molar refractivity (Wildman–Crippen MR) is 263 cm³/mol. The molecule has 0 radical (unpaired) electrons. The highest BCUT2D eigenvalue weighted by Crippen LogP contribution is 2.52. The second-order valence-corrected chi connectivity index (χ2v) is 16.9. The molecule has 0 saturated carbocycles. The molecule has 11 rings (SSSR count). The third-order valence-corrected chi connectivity index (χ3v) is 12.9. The lowest BCUT2D eigenvalue weighted by Crippen LogP contribution is -2.14. The van der Waals surface area contributed by atoms with E-state index in [2.05, 4.69) is 255 Å². The number of hydrogen-bond acceptors (Lipinski definition) is 1. The normalized spacial score (nSPS) is 12.5. The maximum atomic E-state index is 2.45. The molecule has 1 aliphatic rings. The summed E-state index contributed by atoms with van der Waals surface area (Å²) in [6.07, 6.45) is 0. The van der Waals surface area contributed by atoms with E-state index in [1.54, 1.807) is 0 Å². The van der Waals surface area contributed by atoms with Gasteiger partial charge in [0.05, 0.1) is 11.4 Å². The minimum atomic E-state index is -0.0585. The highest BCUT2D eigenvalue weighted by atomic mass is 15.1. The Hall–Kier alpha value is -7.74. The van der Waals surface area contributed by atoms with Gasteiger partial charge in [-0.05, 0) is 108 Å². The highest BCUT2D eigenvalue weighted by molar-refractivity contribution is 5.99. The minimum absolute atomic E-state index is 0.0585. The van der Waals surface area contributed by atoms with E-state index < -0.39 is 0 Å². The quantitative estimate of drug-likeness (QED) is 0.148. The molecular formula is C61H45N. The van der Waals surface area contributed by atoms with Gasteiger partial charge < -0.3 is 4.90 Å². The van der Waals surface area contributed by atoms with Crippen molar-refractivity contribution in [2.24, 2.45) is 0 Å². The first-order valence-electron chi connectivity index (χ1n) is 21.6. The molecule has 0 aromatic heterocycles. The Morgan fingerprint density at radius 3 is 1.53 bits per heavy atom. The maximum Gasteiger partial charge on any atom is 0.0540 e. The van der Waals surface area contributed by atoms with Crippen molar-refractivity contribution in [3.8, 4) is 66.8 Å². The zero-order chi connectivity index (χ0) is 41.6. The van der Waals surface area contributed by atoms with E-state index >= 15 is 0 Å². The molecule has 0 atom stereocenters. The van der Waals surface area contributed by atoms with E-state index in [-0.39, 0.29) is 5.41 Å². The Kier molecular flexibility index (Phi) is 9.24. The van der Waals surface area contributed by atoms with Crippen molar-refractivity contribution in [3.05, 3.63) is 248 Å². The fourth-order valence-electron chi connectivity index (χ4n) is 9.82. The van der Waals surface area contributed by atoms with Crippen molar-refractivity contribution < 1.29 is 0 Å². The Morgan fingerprint density at radius 2 is 0.774 bits per heavy atom. The molecule has 0 unspecified atom stereocenters. The first-order valence-corrected chi connectivity index (χ1v) is 21.6. The fourth-order valence-corrected chi connectivity index (χ4v) is 9.82.